The van der Waals surface area contributed by atoms with Crippen LogP contribution in [-0.4, -0.2) is 46.9 Å². The number of likely N-dealkylation sites (tertiary alicyclic amines) is 1. The van der Waals surface area contributed by atoms with Crippen LogP contribution in [0.25, 0.3) is 0 Å². The third-order valence-corrected chi connectivity index (χ3v) is 5.82. The maximum Gasteiger partial charge on any atom is 0.308 e. The quantitative estimate of drug-likeness (QED) is 0.579. The van der Waals surface area contributed by atoms with Crippen molar-refractivity contribution in [3.05, 3.63) is 11.8 Å². The maximum absolute atomic E-state index is 12.5. The van der Waals surface area contributed by atoms with Crippen LogP contribution >= 0.6 is 0 Å². The first-order valence-electron chi connectivity index (χ1n) is 9.18. The Morgan fingerprint density at radius 3 is 2.52 bits per heavy atom. The number of nitrogens with one attached hydrogen (secondary N) is 1. The molecule has 2 aliphatic carbocycles. The Bertz CT molecular complexity index is 775. The molecule has 2 saturated carbocycles. The highest BCUT2D eigenvalue weighted by molar-refractivity contribution is 6.06. The highest BCUT2D eigenvalue weighted by Crippen LogP contribution is 2.56. The van der Waals surface area contributed by atoms with Crippen LogP contribution in [0.1, 0.15) is 31.4 Å². The molecule has 9 nitrogen and oxygen atoms in total. The minimum Gasteiger partial charge on any atom is -0.456 e. The van der Waals surface area contributed by atoms with E-state index in [0.29, 0.717) is 17.6 Å². The molecule has 27 heavy (non-hydrogen) atoms. The molecule has 4 atom stereocenters. The molecule has 2 heterocycles. The Morgan fingerprint density at radius 1 is 1.26 bits per heavy atom. The van der Waals surface area contributed by atoms with Crippen LogP contribution in [0.4, 0.5) is 5.82 Å². The number of rotatable bonds is 6. The number of nitrogens with zero attached hydrogens (tertiary/aromatic N) is 2. The summed E-state index contributed by atoms with van der Waals surface area (Å²) in [5.41, 5.74) is 0. The Morgan fingerprint density at radius 2 is 1.93 bits per heavy atom. The first kappa shape index (κ1) is 17.7. The van der Waals surface area contributed by atoms with E-state index in [-0.39, 0.29) is 42.4 Å². The van der Waals surface area contributed by atoms with Gasteiger partial charge in [0, 0.05) is 12.6 Å². The molecule has 1 saturated heterocycles. The SMILES string of the molecule is Cc1cc(NC(=O)COC(=O)CCN2C(=O)[C@H]3[C@@H]4CC[C@@H](C4)[C@@H]3C2=O)no1. The van der Waals surface area contributed by atoms with Crippen molar-refractivity contribution in [1.29, 1.82) is 0 Å². The maximum atomic E-state index is 12.5. The number of esters is 1. The van der Waals surface area contributed by atoms with Crippen molar-refractivity contribution in [3.63, 3.8) is 0 Å². The Balaban J connectivity index is 1.23. The topological polar surface area (TPSA) is 119 Å². The molecule has 144 valence electrons. The summed E-state index contributed by atoms with van der Waals surface area (Å²) in [7, 11) is 0. The van der Waals surface area contributed by atoms with E-state index in [9.17, 15) is 19.2 Å². The largest absolute Gasteiger partial charge is 0.456 e. The molecular formula is C18H21N3O6. The predicted octanol–water partition coefficient (Wildman–Crippen LogP) is 0.886. The van der Waals surface area contributed by atoms with E-state index in [4.69, 9.17) is 9.26 Å². The number of amides is 3. The molecule has 2 bridgehead atoms. The molecule has 1 aliphatic heterocycles. The van der Waals surface area contributed by atoms with E-state index < -0.39 is 18.5 Å². The van der Waals surface area contributed by atoms with Gasteiger partial charge in [-0.25, -0.2) is 0 Å². The molecule has 1 N–H and O–H groups in total. The van der Waals surface area contributed by atoms with Crippen molar-refractivity contribution in [3.8, 4) is 0 Å². The molecule has 3 aliphatic rings. The van der Waals surface area contributed by atoms with Crippen LogP contribution in [0.2, 0.25) is 0 Å². The number of aromatic nitrogens is 1. The van der Waals surface area contributed by atoms with Crippen molar-refractivity contribution >= 4 is 29.5 Å². The van der Waals surface area contributed by atoms with Crippen molar-refractivity contribution in [2.75, 3.05) is 18.5 Å². The fourth-order valence-electron chi connectivity index (χ4n) is 4.72. The molecule has 3 fully saturated rings. The summed E-state index contributed by atoms with van der Waals surface area (Å²) in [4.78, 5) is 49.9. The minimum atomic E-state index is -0.637. The van der Waals surface area contributed by atoms with Crippen LogP contribution in [0, 0.1) is 30.6 Å². The number of anilines is 1. The van der Waals surface area contributed by atoms with Crippen LogP contribution in [-0.2, 0) is 23.9 Å². The molecule has 0 unspecified atom stereocenters. The number of aryl methyl sites for hydroxylation is 1. The van der Waals surface area contributed by atoms with Gasteiger partial charge in [0.05, 0.1) is 18.3 Å². The third-order valence-electron chi connectivity index (χ3n) is 5.82. The van der Waals surface area contributed by atoms with Gasteiger partial charge in [0.2, 0.25) is 11.8 Å². The molecular weight excluding hydrogens is 354 g/mol. The zero-order valence-electron chi connectivity index (χ0n) is 15.0. The van der Waals surface area contributed by atoms with Gasteiger partial charge in [-0.15, -0.1) is 0 Å². The smallest absolute Gasteiger partial charge is 0.308 e. The number of fused-ring (bicyclic) bond motifs is 5. The van der Waals surface area contributed by atoms with Gasteiger partial charge in [0.1, 0.15) is 5.76 Å². The number of carbonyl (C=O) groups excluding carboxylic acids is 4. The van der Waals surface area contributed by atoms with Gasteiger partial charge in [0.25, 0.3) is 5.91 Å². The van der Waals surface area contributed by atoms with Crippen molar-refractivity contribution in [1.82, 2.24) is 10.1 Å². The molecule has 0 spiro atoms. The molecule has 9 heteroatoms. The Hall–Kier alpha value is -2.71. The molecule has 4 rings (SSSR count). The number of carbonyl (C=O) groups is 4. The fraction of sp³-hybridized carbons (Fsp3) is 0.611. The Kier molecular flexibility index (Phi) is 4.45. The lowest BCUT2D eigenvalue weighted by Gasteiger charge is -2.19. The Labute approximate surface area is 155 Å². The second kappa shape index (κ2) is 6.79. The molecule has 1 aromatic rings. The normalized spacial score (nSPS) is 28.6. The van der Waals surface area contributed by atoms with Crippen LogP contribution in [0.3, 0.4) is 0 Å². The molecule has 1 aromatic heterocycles. The number of imide groups is 1. The van der Waals surface area contributed by atoms with E-state index in [1.54, 1.807) is 6.92 Å². The summed E-state index contributed by atoms with van der Waals surface area (Å²) in [6, 6.07) is 1.54. The molecule has 0 aromatic carbocycles. The van der Waals surface area contributed by atoms with Crippen molar-refractivity contribution < 1.29 is 28.4 Å². The summed E-state index contributed by atoms with van der Waals surface area (Å²) >= 11 is 0. The lowest BCUT2D eigenvalue weighted by Crippen LogP contribution is -2.35. The summed E-state index contributed by atoms with van der Waals surface area (Å²) in [6.07, 6.45) is 2.88. The minimum absolute atomic E-state index is 0.00698. The third kappa shape index (κ3) is 3.22. The summed E-state index contributed by atoms with van der Waals surface area (Å²) < 4.78 is 9.72. The zero-order valence-corrected chi connectivity index (χ0v) is 15.0. The molecule has 3 amide bonds. The van der Waals surface area contributed by atoms with Crippen LogP contribution in [0.5, 0.6) is 0 Å². The zero-order chi connectivity index (χ0) is 19.1. The second-order valence-electron chi connectivity index (χ2n) is 7.49. The predicted molar refractivity (Wildman–Crippen MR) is 90.0 cm³/mol. The number of hydrogen-bond donors (Lipinski definition) is 1. The number of ether oxygens (including phenoxy) is 1. The van der Waals surface area contributed by atoms with E-state index in [1.807, 2.05) is 0 Å². The van der Waals surface area contributed by atoms with E-state index in [1.165, 1.54) is 11.0 Å². The van der Waals surface area contributed by atoms with Gasteiger partial charge >= 0.3 is 5.97 Å². The van der Waals surface area contributed by atoms with Gasteiger partial charge in [-0.3, -0.25) is 24.1 Å². The van der Waals surface area contributed by atoms with Crippen molar-refractivity contribution in [2.24, 2.45) is 23.7 Å². The van der Waals surface area contributed by atoms with E-state index >= 15 is 0 Å². The first-order valence-corrected chi connectivity index (χ1v) is 9.18. The van der Waals surface area contributed by atoms with Gasteiger partial charge in [-0.1, -0.05) is 5.16 Å². The van der Waals surface area contributed by atoms with Crippen LogP contribution in [0.15, 0.2) is 10.6 Å². The van der Waals surface area contributed by atoms with E-state index in [0.717, 1.165) is 19.3 Å². The summed E-state index contributed by atoms with van der Waals surface area (Å²) in [5, 5.41) is 6.04. The van der Waals surface area contributed by atoms with Gasteiger partial charge in [-0.2, -0.15) is 0 Å². The van der Waals surface area contributed by atoms with Gasteiger partial charge < -0.3 is 14.6 Å². The fourth-order valence-corrected chi connectivity index (χ4v) is 4.72. The highest BCUT2D eigenvalue weighted by atomic mass is 16.5. The van der Waals surface area contributed by atoms with E-state index in [2.05, 4.69) is 10.5 Å². The first-order chi connectivity index (χ1) is 12.9. The average Bonchev–Trinajstić information content (AvgIpc) is 3.38. The highest BCUT2D eigenvalue weighted by Gasteiger charge is 2.60. The monoisotopic (exact) mass is 375 g/mol. The standard InChI is InChI=1S/C18H21N3O6/c1-9-6-12(20-27-9)19-13(22)8-26-14(23)4-5-21-17(24)15-10-2-3-11(7-10)16(15)18(21)25/h6,10-11,15-16H,2-5,7-8H2,1H3,(H,19,20,22)/t10-,11+,15-,16-/m0/s1. The average molecular weight is 375 g/mol. The number of hydrogen-bond acceptors (Lipinski definition) is 7. The lowest BCUT2D eigenvalue weighted by molar-refractivity contribution is -0.149. The summed E-state index contributed by atoms with van der Waals surface area (Å²) in [5.74, 6) is -0.447. The van der Waals surface area contributed by atoms with Gasteiger partial charge in [0.15, 0.2) is 12.4 Å². The molecule has 0 radical (unpaired) electrons. The van der Waals surface area contributed by atoms with Gasteiger partial charge in [-0.05, 0) is 38.0 Å². The summed E-state index contributed by atoms with van der Waals surface area (Å²) in [6.45, 7) is 1.22. The van der Waals surface area contributed by atoms with Crippen molar-refractivity contribution in [2.45, 2.75) is 32.6 Å². The second-order valence-corrected chi connectivity index (χ2v) is 7.49. The lowest BCUT2D eigenvalue weighted by atomic mass is 9.81. The van der Waals surface area contributed by atoms with Crippen LogP contribution < -0.4 is 5.32 Å².